The van der Waals surface area contributed by atoms with Crippen molar-refractivity contribution in [2.45, 2.75) is 27.2 Å². The van der Waals surface area contributed by atoms with Gasteiger partial charge in [-0.05, 0) is 18.6 Å². The predicted octanol–water partition coefficient (Wildman–Crippen LogP) is 7.48. The molecule has 1 heterocycles. The molecule has 1 aliphatic heterocycles. The molecule has 0 radical (unpaired) electrons. The summed E-state index contributed by atoms with van der Waals surface area (Å²) in [5, 5.41) is 0.111. The molecule has 31 heavy (non-hydrogen) atoms. The standard InChI is InChI=1S/C22H18ClF4NO.C2H6/c1-3-29-15-9-18(24)21(19(25)10-15)22-16(14-7-5-4-6-8-14)11-17(23)13(2)28(22)12-20(26)27;1-2/h4-11,20H,2-3,12H2,1H3;1-2H3. The van der Waals surface area contributed by atoms with Crippen LogP contribution in [0.1, 0.15) is 31.9 Å². The topological polar surface area (TPSA) is 12.5 Å². The minimum absolute atomic E-state index is 0.0109. The van der Waals surface area contributed by atoms with E-state index in [1.54, 1.807) is 37.3 Å². The van der Waals surface area contributed by atoms with E-state index in [1.807, 2.05) is 13.8 Å². The third-order valence-electron chi connectivity index (χ3n) is 4.37. The number of rotatable bonds is 6. The molecule has 2 aromatic rings. The van der Waals surface area contributed by atoms with Gasteiger partial charge in [-0.3, -0.25) is 0 Å². The van der Waals surface area contributed by atoms with E-state index in [0.29, 0.717) is 11.1 Å². The molecule has 0 N–H and O–H groups in total. The van der Waals surface area contributed by atoms with Crippen molar-refractivity contribution in [1.82, 2.24) is 4.90 Å². The summed E-state index contributed by atoms with van der Waals surface area (Å²) in [4.78, 5) is 1.05. The Hall–Kier alpha value is -2.73. The van der Waals surface area contributed by atoms with Crippen LogP contribution < -0.4 is 4.74 Å². The average Bonchev–Trinajstić information content (AvgIpc) is 2.74. The van der Waals surface area contributed by atoms with Gasteiger partial charge in [0.25, 0.3) is 6.43 Å². The molecule has 0 atom stereocenters. The summed E-state index contributed by atoms with van der Waals surface area (Å²) in [5.74, 6) is -1.86. The van der Waals surface area contributed by atoms with Crippen LogP contribution in [0.2, 0.25) is 0 Å². The highest BCUT2D eigenvalue weighted by Crippen LogP contribution is 2.42. The highest BCUT2D eigenvalue weighted by molar-refractivity contribution is 6.33. The SMILES string of the molecule is C=C1C(Cl)=CC(c2ccccc2)=C(c2c(F)cc(OCC)cc2F)N1CC(F)F.CC. The first kappa shape index (κ1) is 24.5. The van der Waals surface area contributed by atoms with Gasteiger partial charge in [-0.15, -0.1) is 0 Å². The molecule has 3 rings (SSSR count). The Morgan fingerprint density at radius 3 is 2.16 bits per heavy atom. The molecule has 0 fully saturated rings. The van der Waals surface area contributed by atoms with Crippen LogP contribution in [0, 0.1) is 11.6 Å². The highest BCUT2D eigenvalue weighted by atomic mass is 35.5. The summed E-state index contributed by atoms with van der Waals surface area (Å²) in [7, 11) is 0. The molecule has 0 spiro atoms. The van der Waals surface area contributed by atoms with E-state index in [9.17, 15) is 17.6 Å². The number of hydrogen-bond donors (Lipinski definition) is 0. The Bertz CT molecular complexity index is 963. The Kier molecular flexibility index (Phi) is 8.75. The largest absolute Gasteiger partial charge is 0.494 e. The molecule has 0 saturated heterocycles. The summed E-state index contributed by atoms with van der Waals surface area (Å²) >= 11 is 6.22. The van der Waals surface area contributed by atoms with Gasteiger partial charge in [-0.2, -0.15) is 0 Å². The fourth-order valence-electron chi connectivity index (χ4n) is 3.16. The molecule has 0 aliphatic carbocycles. The van der Waals surface area contributed by atoms with Crippen molar-refractivity contribution in [3.63, 3.8) is 0 Å². The Balaban J connectivity index is 0.00000166. The van der Waals surface area contributed by atoms with Crippen LogP contribution in [-0.2, 0) is 0 Å². The van der Waals surface area contributed by atoms with Crippen molar-refractivity contribution in [3.05, 3.63) is 88.6 Å². The van der Waals surface area contributed by atoms with Crippen LogP contribution in [0.4, 0.5) is 17.6 Å². The van der Waals surface area contributed by atoms with Crippen LogP contribution in [0.3, 0.4) is 0 Å². The maximum atomic E-state index is 15.0. The first-order valence-electron chi connectivity index (χ1n) is 9.87. The quantitative estimate of drug-likeness (QED) is 0.420. The lowest BCUT2D eigenvalue weighted by molar-refractivity contribution is 0.123. The van der Waals surface area contributed by atoms with Gasteiger partial charge >= 0.3 is 0 Å². The number of alkyl halides is 2. The molecule has 166 valence electrons. The normalized spacial score (nSPS) is 13.8. The van der Waals surface area contributed by atoms with Crippen LogP contribution >= 0.6 is 11.6 Å². The number of ether oxygens (including phenoxy) is 1. The van der Waals surface area contributed by atoms with Crippen molar-refractivity contribution in [2.24, 2.45) is 0 Å². The molecule has 0 amide bonds. The van der Waals surface area contributed by atoms with Gasteiger partial charge in [0.05, 0.1) is 35.1 Å². The molecule has 0 bridgehead atoms. The third-order valence-corrected chi connectivity index (χ3v) is 4.69. The predicted molar refractivity (Wildman–Crippen MR) is 118 cm³/mol. The van der Waals surface area contributed by atoms with Gasteiger partial charge in [-0.25, -0.2) is 17.6 Å². The second-order valence-electron chi connectivity index (χ2n) is 6.26. The minimum atomic E-state index is -2.78. The van der Waals surface area contributed by atoms with Crippen molar-refractivity contribution < 1.29 is 22.3 Å². The van der Waals surface area contributed by atoms with Gasteiger partial charge < -0.3 is 9.64 Å². The molecule has 0 unspecified atom stereocenters. The second kappa shape index (κ2) is 11.0. The lowest BCUT2D eigenvalue weighted by atomic mass is 9.94. The van der Waals surface area contributed by atoms with E-state index < -0.39 is 30.2 Å². The number of allylic oxidation sites excluding steroid dienone is 3. The van der Waals surface area contributed by atoms with E-state index in [0.717, 1.165) is 17.0 Å². The van der Waals surface area contributed by atoms with Crippen LogP contribution in [0.25, 0.3) is 11.3 Å². The van der Waals surface area contributed by atoms with Crippen molar-refractivity contribution in [3.8, 4) is 5.75 Å². The van der Waals surface area contributed by atoms with Crippen molar-refractivity contribution in [2.75, 3.05) is 13.2 Å². The van der Waals surface area contributed by atoms with E-state index >= 15 is 0 Å². The Morgan fingerprint density at radius 1 is 1.06 bits per heavy atom. The maximum absolute atomic E-state index is 15.0. The zero-order chi connectivity index (χ0) is 23.1. The van der Waals surface area contributed by atoms with Gasteiger partial charge in [0.1, 0.15) is 17.4 Å². The second-order valence-corrected chi connectivity index (χ2v) is 6.67. The van der Waals surface area contributed by atoms with Crippen molar-refractivity contribution in [1.29, 1.82) is 0 Å². The monoisotopic (exact) mass is 453 g/mol. The van der Waals surface area contributed by atoms with Crippen molar-refractivity contribution >= 4 is 22.9 Å². The molecular weight excluding hydrogens is 430 g/mol. The maximum Gasteiger partial charge on any atom is 0.256 e. The average molecular weight is 454 g/mol. The number of nitrogens with zero attached hydrogens (tertiary/aromatic N) is 1. The van der Waals surface area contributed by atoms with Gasteiger partial charge in [-0.1, -0.05) is 62.4 Å². The highest BCUT2D eigenvalue weighted by Gasteiger charge is 2.31. The first-order chi connectivity index (χ1) is 14.8. The third kappa shape index (κ3) is 5.50. The van der Waals surface area contributed by atoms with Gasteiger partial charge in [0.15, 0.2) is 0 Å². The number of hydrogen-bond acceptors (Lipinski definition) is 2. The van der Waals surface area contributed by atoms with Crippen LogP contribution in [0.15, 0.2) is 65.8 Å². The molecular formula is C24H24ClF4NO. The molecule has 2 nitrogen and oxygen atoms in total. The molecule has 2 aromatic carbocycles. The van der Waals surface area contributed by atoms with Gasteiger partial charge in [0.2, 0.25) is 0 Å². The zero-order valence-corrected chi connectivity index (χ0v) is 18.3. The van der Waals surface area contributed by atoms with E-state index in [-0.39, 0.29) is 28.8 Å². The lowest BCUT2D eigenvalue weighted by Gasteiger charge is -2.34. The summed E-state index contributed by atoms with van der Waals surface area (Å²) in [6, 6.07) is 10.7. The Labute approximate surface area is 185 Å². The number of benzene rings is 2. The summed E-state index contributed by atoms with van der Waals surface area (Å²) in [5.41, 5.74) is 0.401. The molecule has 0 aromatic heterocycles. The smallest absolute Gasteiger partial charge is 0.256 e. The molecule has 0 saturated carbocycles. The molecule has 1 aliphatic rings. The van der Waals surface area contributed by atoms with E-state index in [1.165, 1.54) is 6.08 Å². The van der Waals surface area contributed by atoms with Crippen LogP contribution in [-0.4, -0.2) is 24.5 Å². The fourth-order valence-corrected chi connectivity index (χ4v) is 3.37. The summed E-state index contributed by atoms with van der Waals surface area (Å²) in [6.07, 6.45) is -1.30. The summed E-state index contributed by atoms with van der Waals surface area (Å²) in [6.45, 7) is 8.82. The van der Waals surface area contributed by atoms with E-state index in [4.69, 9.17) is 16.3 Å². The molecule has 7 heteroatoms. The fraction of sp³-hybridized carbons (Fsp3) is 0.250. The number of halogens is 5. The summed E-state index contributed by atoms with van der Waals surface area (Å²) < 4.78 is 61.8. The Morgan fingerprint density at radius 2 is 1.65 bits per heavy atom. The van der Waals surface area contributed by atoms with Crippen LogP contribution in [0.5, 0.6) is 5.75 Å². The minimum Gasteiger partial charge on any atom is -0.494 e. The first-order valence-corrected chi connectivity index (χ1v) is 10.2. The van der Waals surface area contributed by atoms with E-state index in [2.05, 4.69) is 6.58 Å². The lowest BCUT2D eigenvalue weighted by Crippen LogP contribution is -2.30. The van der Waals surface area contributed by atoms with Gasteiger partial charge in [0, 0.05) is 17.7 Å². The zero-order valence-electron chi connectivity index (χ0n) is 17.6.